The molecule has 0 spiro atoms. The van der Waals surface area contributed by atoms with Crippen LogP contribution in [-0.4, -0.2) is 24.3 Å². The molecule has 268 valence electrons. The van der Waals surface area contributed by atoms with Gasteiger partial charge in [0.2, 0.25) is 0 Å². The van der Waals surface area contributed by atoms with Crippen molar-refractivity contribution in [3.63, 3.8) is 0 Å². The fraction of sp³-hybridized carbons (Fsp3) is 0.522. The molecule has 2 N–H and O–H groups in total. The van der Waals surface area contributed by atoms with Crippen LogP contribution >= 0.6 is 0 Å². The number of hydrogen-bond donors (Lipinski definition) is 2. The highest BCUT2D eigenvalue weighted by atomic mass is 15.2. The van der Waals surface area contributed by atoms with Crippen LogP contribution in [0.1, 0.15) is 134 Å². The lowest BCUT2D eigenvalue weighted by atomic mass is 9.48. The fourth-order valence-corrected chi connectivity index (χ4v) is 9.38. The Bertz CT molecular complexity index is 1650. The standard InChI is InChI=1S/C46H64N4/c1-9-11-13-14-15-16-18-36-26-42-45(8,27-33(3)4)31-46(42,28-36)32-48-35(7)40(29-47)39-22-23-43(49-44(39)34(5)6)50-25-24-38-21-17-20-37(19-12-10-2)41(38)30-50/h12-14,17,19-23,26,29,33,36,47-48H,5,9-11,15-16,18,24-25,27-28,30-32H2,1-4,6-8H3/b14-13-,19-12-,40-35+,47-29?. The molecule has 1 aliphatic heterocycles. The molecule has 2 aromatic rings. The van der Waals surface area contributed by atoms with Crippen molar-refractivity contribution in [1.29, 1.82) is 5.41 Å². The average molecular weight is 673 g/mol. The summed E-state index contributed by atoms with van der Waals surface area (Å²) >= 11 is 0. The van der Waals surface area contributed by atoms with Crippen LogP contribution in [0.25, 0.3) is 17.2 Å². The zero-order valence-electron chi connectivity index (χ0n) is 32.3. The van der Waals surface area contributed by atoms with Gasteiger partial charge in [-0.2, -0.15) is 0 Å². The van der Waals surface area contributed by atoms with E-state index in [0.717, 1.165) is 66.4 Å². The first-order valence-electron chi connectivity index (χ1n) is 19.6. The van der Waals surface area contributed by atoms with Crippen LogP contribution in [-0.2, 0) is 13.0 Å². The van der Waals surface area contributed by atoms with E-state index in [0.29, 0.717) is 17.3 Å². The van der Waals surface area contributed by atoms with Gasteiger partial charge in [0.05, 0.1) is 5.69 Å². The highest BCUT2D eigenvalue weighted by Crippen LogP contribution is 2.67. The summed E-state index contributed by atoms with van der Waals surface area (Å²) in [4.78, 5) is 7.62. The first kappa shape index (κ1) is 37.6. The fourth-order valence-electron chi connectivity index (χ4n) is 9.38. The van der Waals surface area contributed by atoms with E-state index in [1.165, 1.54) is 74.3 Å². The molecule has 1 saturated carbocycles. The van der Waals surface area contributed by atoms with Crippen molar-refractivity contribution in [3.05, 3.63) is 100 Å². The number of anilines is 1. The van der Waals surface area contributed by atoms with E-state index in [9.17, 15) is 0 Å². The summed E-state index contributed by atoms with van der Waals surface area (Å²) in [6, 6.07) is 11.0. The maximum absolute atomic E-state index is 8.56. The van der Waals surface area contributed by atoms with Gasteiger partial charge in [0, 0.05) is 48.1 Å². The number of pyridine rings is 1. The number of rotatable bonds is 17. The van der Waals surface area contributed by atoms with Crippen molar-refractivity contribution in [1.82, 2.24) is 10.3 Å². The molecule has 50 heavy (non-hydrogen) atoms. The monoisotopic (exact) mass is 673 g/mol. The Balaban J connectivity index is 1.34. The largest absolute Gasteiger partial charge is 0.387 e. The second kappa shape index (κ2) is 16.6. The van der Waals surface area contributed by atoms with Gasteiger partial charge in [0.1, 0.15) is 5.82 Å². The molecule has 1 aromatic heterocycles. The number of unbranched alkanes of at least 4 members (excludes halogenated alkanes) is 2. The smallest absolute Gasteiger partial charge is 0.129 e. The highest BCUT2D eigenvalue weighted by Gasteiger charge is 2.59. The van der Waals surface area contributed by atoms with E-state index in [1.807, 2.05) is 6.92 Å². The van der Waals surface area contributed by atoms with E-state index < -0.39 is 0 Å². The number of fused-ring (bicyclic) bond motifs is 2. The molecule has 3 aliphatic rings. The molecular formula is C46H64N4. The summed E-state index contributed by atoms with van der Waals surface area (Å²) in [7, 11) is 0. The van der Waals surface area contributed by atoms with Gasteiger partial charge in [-0.3, -0.25) is 0 Å². The molecule has 0 saturated heterocycles. The van der Waals surface area contributed by atoms with Gasteiger partial charge in [-0.25, -0.2) is 4.98 Å². The van der Waals surface area contributed by atoms with Crippen molar-refractivity contribution >= 4 is 29.3 Å². The maximum Gasteiger partial charge on any atom is 0.129 e. The Hall–Kier alpha value is -3.66. The number of nitrogens with one attached hydrogen (secondary N) is 2. The van der Waals surface area contributed by atoms with Gasteiger partial charge in [-0.05, 0) is 123 Å². The zero-order chi connectivity index (χ0) is 35.9. The topological polar surface area (TPSA) is 52.0 Å². The lowest BCUT2D eigenvalue weighted by molar-refractivity contribution is 0.0579. The van der Waals surface area contributed by atoms with Crippen molar-refractivity contribution in [2.24, 2.45) is 22.7 Å². The minimum atomic E-state index is 0.218. The van der Waals surface area contributed by atoms with Gasteiger partial charge >= 0.3 is 0 Å². The second-order valence-corrected chi connectivity index (χ2v) is 16.2. The lowest BCUT2D eigenvalue weighted by Gasteiger charge is -2.57. The third kappa shape index (κ3) is 8.27. The van der Waals surface area contributed by atoms with Crippen LogP contribution in [0.2, 0.25) is 0 Å². The Morgan fingerprint density at radius 3 is 2.64 bits per heavy atom. The van der Waals surface area contributed by atoms with Crippen molar-refractivity contribution in [2.45, 2.75) is 119 Å². The Morgan fingerprint density at radius 1 is 1.12 bits per heavy atom. The Morgan fingerprint density at radius 2 is 1.92 bits per heavy atom. The first-order chi connectivity index (χ1) is 24.0. The number of allylic oxidation sites excluding steroid dienone is 7. The van der Waals surface area contributed by atoms with Crippen LogP contribution in [0.15, 0.2) is 72.5 Å². The van der Waals surface area contributed by atoms with Crippen LogP contribution in [0.4, 0.5) is 5.82 Å². The maximum atomic E-state index is 8.56. The zero-order valence-corrected chi connectivity index (χ0v) is 32.3. The van der Waals surface area contributed by atoms with Crippen LogP contribution in [0.5, 0.6) is 0 Å². The van der Waals surface area contributed by atoms with E-state index in [-0.39, 0.29) is 5.41 Å². The second-order valence-electron chi connectivity index (χ2n) is 16.2. The molecule has 0 bridgehead atoms. The Labute approximate surface area is 304 Å². The molecule has 0 amide bonds. The number of aromatic nitrogens is 1. The quantitative estimate of drug-likeness (QED) is 0.0999. The van der Waals surface area contributed by atoms with E-state index in [4.69, 9.17) is 10.4 Å². The molecule has 5 rings (SSSR count). The average Bonchev–Trinajstić information content (AvgIpc) is 3.41. The van der Waals surface area contributed by atoms with Gasteiger partial charge in [0.15, 0.2) is 0 Å². The molecule has 4 nitrogen and oxygen atoms in total. The minimum absolute atomic E-state index is 0.218. The molecular weight excluding hydrogens is 609 g/mol. The molecule has 1 fully saturated rings. The van der Waals surface area contributed by atoms with Crippen LogP contribution < -0.4 is 10.2 Å². The Kier molecular flexibility index (Phi) is 12.5. The summed E-state index contributed by atoms with van der Waals surface area (Å²) in [5.74, 6) is 2.34. The predicted octanol–water partition coefficient (Wildman–Crippen LogP) is 12.0. The molecule has 2 aliphatic carbocycles. The number of hydrogen-bond acceptors (Lipinski definition) is 4. The van der Waals surface area contributed by atoms with Gasteiger partial charge in [-0.1, -0.05) is 102 Å². The molecule has 4 heteroatoms. The van der Waals surface area contributed by atoms with Gasteiger partial charge in [-0.15, -0.1) is 0 Å². The lowest BCUT2D eigenvalue weighted by Crippen LogP contribution is -2.51. The third-order valence-corrected chi connectivity index (χ3v) is 11.4. The number of nitrogens with zero attached hydrogens (tertiary/aromatic N) is 2. The molecule has 1 aromatic carbocycles. The van der Waals surface area contributed by atoms with Gasteiger partial charge < -0.3 is 15.6 Å². The van der Waals surface area contributed by atoms with Crippen molar-refractivity contribution < 1.29 is 0 Å². The van der Waals surface area contributed by atoms with Crippen LogP contribution in [0.3, 0.4) is 0 Å². The molecule has 3 atom stereocenters. The minimum Gasteiger partial charge on any atom is -0.387 e. The number of benzene rings is 1. The predicted molar refractivity (Wildman–Crippen MR) is 218 cm³/mol. The van der Waals surface area contributed by atoms with Crippen LogP contribution in [0, 0.1) is 28.1 Å². The van der Waals surface area contributed by atoms with Crippen molar-refractivity contribution in [2.75, 3.05) is 18.0 Å². The summed E-state index contributed by atoms with van der Waals surface area (Å²) in [5, 5.41) is 12.4. The van der Waals surface area contributed by atoms with E-state index >= 15 is 0 Å². The first-order valence-corrected chi connectivity index (χ1v) is 19.6. The van der Waals surface area contributed by atoms with E-state index in [2.05, 4.69) is 119 Å². The summed E-state index contributed by atoms with van der Waals surface area (Å²) in [6.45, 7) is 22.9. The summed E-state index contributed by atoms with van der Waals surface area (Å²) < 4.78 is 0. The van der Waals surface area contributed by atoms with Gasteiger partial charge in [0.25, 0.3) is 0 Å². The molecule has 3 unspecified atom stereocenters. The third-order valence-electron chi connectivity index (χ3n) is 11.4. The normalized spacial score (nSPS) is 23.5. The highest BCUT2D eigenvalue weighted by molar-refractivity contribution is 6.10. The van der Waals surface area contributed by atoms with Crippen molar-refractivity contribution in [3.8, 4) is 0 Å². The molecule has 0 radical (unpaired) electrons. The van der Waals surface area contributed by atoms with E-state index in [1.54, 1.807) is 5.57 Å². The SMILES string of the molecule is C=C(C)c1nc(N2CCc3cccc(/C=C\CC)c3C2)ccc1/C(C=N)=C(\C)NCC12CC(CCC/C=C\CCC)C=C1C(C)(CC(C)C)C2. The summed E-state index contributed by atoms with van der Waals surface area (Å²) in [5.41, 5.74) is 11.1. The molecule has 2 heterocycles. The summed E-state index contributed by atoms with van der Waals surface area (Å²) in [6.07, 6.45) is 25.4.